The maximum absolute atomic E-state index is 5.58. The number of oxazole rings is 1. The van der Waals surface area contributed by atoms with Crippen molar-refractivity contribution in [2.24, 2.45) is 4.99 Å². The first-order valence-electron chi connectivity index (χ1n) is 9.56. The van der Waals surface area contributed by atoms with Crippen LogP contribution in [0, 0.1) is 0 Å². The molecule has 0 amide bonds. The molecule has 1 saturated heterocycles. The summed E-state index contributed by atoms with van der Waals surface area (Å²) >= 11 is 0. The van der Waals surface area contributed by atoms with Gasteiger partial charge in [-0.15, -0.1) is 24.0 Å². The highest BCUT2D eigenvalue weighted by atomic mass is 127. The summed E-state index contributed by atoms with van der Waals surface area (Å²) in [6.07, 6.45) is 4.23. The van der Waals surface area contributed by atoms with Crippen molar-refractivity contribution in [3.05, 3.63) is 42.3 Å². The van der Waals surface area contributed by atoms with Crippen molar-refractivity contribution in [3.8, 4) is 11.5 Å². The molecule has 2 N–H and O–H groups in total. The van der Waals surface area contributed by atoms with Crippen LogP contribution >= 0.6 is 24.0 Å². The Morgan fingerprint density at radius 3 is 2.81 bits per heavy atom. The van der Waals surface area contributed by atoms with Crippen LogP contribution in [0.4, 0.5) is 0 Å². The molecule has 6 nitrogen and oxygen atoms in total. The van der Waals surface area contributed by atoms with Crippen LogP contribution in [0.3, 0.4) is 0 Å². The molecule has 0 aliphatic carbocycles. The highest BCUT2D eigenvalue weighted by molar-refractivity contribution is 14.0. The zero-order valence-electron chi connectivity index (χ0n) is 16.1. The van der Waals surface area contributed by atoms with E-state index in [0.29, 0.717) is 18.5 Å². The van der Waals surface area contributed by atoms with Gasteiger partial charge in [-0.1, -0.05) is 25.1 Å². The third kappa shape index (κ3) is 6.21. The second-order valence-electron chi connectivity index (χ2n) is 6.51. The van der Waals surface area contributed by atoms with Crippen molar-refractivity contribution in [2.75, 3.05) is 26.2 Å². The topological polar surface area (TPSA) is 65.7 Å². The van der Waals surface area contributed by atoms with E-state index in [1.54, 1.807) is 6.26 Å². The molecule has 1 aliphatic rings. The first kappa shape index (κ1) is 21.7. The maximum atomic E-state index is 5.58. The molecule has 7 heteroatoms. The molecule has 0 saturated carbocycles. The summed E-state index contributed by atoms with van der Waals surface area (Å²) in [6.45, 7) is 8.88. The highest BCUT2D eigenvalue weighted by Gasteiger charge is 2.22. The summed E-state index contributed by atoms with van der Waals surface area (Å²) in [5.41, 5.74) is 1.81. The lowest BCUT2D eigenvalue weighted by Crippen LogP contribution is -2.44. The summed E-state index contributed by atoms with van der Waals surface area (Å²) in [6, 6.07) is 10.5. The Morgan fingerprint density at radius 2 is 2.07 bits per heavy atom. The van der Waals surface area contributed by atoms with Crippen molar-refractivity contribution in [1.82, 2.24) is 20.5 Å². The van der Waals surface area contributed by atoms with Crippen molar-refractivity contribution >= 4 is 29.9 Å². The lowest BCUT2D eigenvalue weighted by Gasteiger charge is -2.23. The Kier molecular flexibility index (Phi) is 9.06. The number of halogens is 1. The lowest BCUT2D eigenvalue weighted by atomic mass is 10.2. The summed E-state index contributed by atoms with van der Waals surface area (Å²) in [5.74, 6) is 1.47. The molecule has 1 unspecified atom stereocenters. The number of benzene rings is 1. The van der Waals surface area contributed by atoms with Crippen LogP contribution in [-0.4, -0.2) is 48.1 Å². The van der Waals surface area contributed by atoms with Gasteiger partial charge in [0.1, 0.15) is 12.0 Å². The van der Waals surface area contributed by atoms with E-state index in [9.17, 15) is 0 Å². The van der Waals surface area contributed by atoms with Crippen molar-refractivity contribution in [3.63, 3.8) is 0 Å². The van der Waals surface area contributed by atoms with Crippen molar-refractivity contribution < 1.29 is 4.42 Å². The number of rotatable bonds is 7. The molecule has 0 spiro atoms. The van der Waals surface area contributed by atoms with Crippen LogP contribution in [0.1, 0.15) is 32.4 Å². The Labute approximate surface area is 178 Å². The maximum Gasteiger partial charge on any atom is 0.226 e. The van der Waals surface area contributed by atoms with E-state index in [4.69, 9.17) is 4.42 Å². The molecule has 1 aliphatic heterocycles. The van der Waals surface area contributed by atoms with Crippen LogP contribution in [0.25, 0.3) is 11.5 Å². The van der Waals surface area contributed by atoms with E-state index in [0.717, 1.165) is 36.9 Å². The fraction of sp³-hybridized carbons (Fsp3) is 0.500. The van der Waals surface area contributed by atoms with Gasteiger partial charge in [-0.3, -0.25) is 4.90 Å². The van der Waals surface area contributed by atoms with Crippen LogP contribution in [-0.2, 0) is 6.54 Å². The Balaban J connectivity index is 0.00000261. The van der Waals surface area contributed by atoms with Gasteiger partial charge in [0.05, 0.1) is 6.54 Å². The van der Waals surface area contributed by atoms with Gasteiger partial charge in [-0.05, 0) is 45.0 Å². The van der Waals surface area contributed by atoms with Gasteiger partial charge < -0.3 is 15.1 Å². The summed E-state index contributed by atoms with van der Waals surface area (Å²) in [4.78, 5) is 11.7. The Bertz CT molecular complexity index is 703. The van der Waals surface area contributed by atoms with Gasteiger partial charge in [-0.25, -0.2) is 9.98 Å². The highest BCUT2D eigenvalue weighted by Crippen LogP contribution is 2.18. The Morgan fingerprint density at radius 1 is 1.26 bits per heavy atom. The molecule has 27 heavy (non-hydrogen) atoms. The molecule has 1 aromatic heterocycles. The second kappa shape index (κ2) is 11.3. The smallest absolute Gasteiger partial charge is 0.226 e. The summed E-state index contributed by atoms with van der Waals surface area (Å²) in [5, 5.41) is 6.78. The van der Waals surface area contributed by atoms with E-state index in [1.807, 2.05) is 30.3 Å². The number of likely N-dealkylation sites (N-methyl/N-ethyl adjacent to an activating group) is 1. The average molecular weight is 483 g/mol. The lowest BCUT2D eigenvalue weighted by molar-refractivity contribution is 0.267. The second-order valence-corrected chi connectivity index (χ2v) is 6.51. The number of aliphatic imine (C=N–C) groups is 1. The third-order valence-corrected chi connectivity index (χ3v) is 4.73. The molecule has 1 atom stereocenters. The molecule has 0 bridgehead atoms. The normalized spacial score (nSPS) is 17.6. The summed E-state index contributed by atoms with van der Waals surface area (Å²) < 4.78 is 5.58. The van der Waals surface area contributed by atoms with Crippen LogP contribution in [0.15, 0.2) is 46.0 Å². The number of nitrogens with one attached hydrogen (secondary N) is 2. The molecule has 2 aromatic rings. The third-order valence-electron chi connectivity index (χ3n) is 4.73. The number of guanidine groups is 1. The SMILES string of the molecule is CCNC(=NCc1coc(-c2ccccc2)n1)NCC1CCCN1CC.I. The quantitative estimate of drug-likeness (QED) is 0.359. The standard InChI is InChI=1S/C20H29N5O.HI/c1-3-21-20(23-14-18-11-8-12-25(18)4-2)22-13-17-15-26-19(24-17)16-9-6-5-7-10-16;/h5-7,9-10,15,18H,3-4,8,11-14H2,1-2H3,(H2,21,22,23);1H. The number of hydrogen-bond acceptors (Lipinski definition) is 4. The van der Waals surface area contributed by atoms with Gasteiger partial charge >= 0.3 is 0 Å². The number of aromatic nitrogens is 1. The van der Waals surface area contributed by atoms with E-state index in [1.165, 1.54) is 19.4 Å². The van der Waals surface area contributed by atoms with Crippen LogP contribution in [0.2, 0.25) is 0 Å². The Hall–Kier alpha value is -1.61. The molecule has 3 rings (SSSR count). The fourth-order valence-electron chi connectivity index (χ4n) is 3.35. The predicted molar refractivity (Wildman–Crippen MR) is 120 cm³/mol. The van der Waals surface area contributed by atoms with Gasteiger partial charge in [0, 0.05) is 24.7 Å². The molecule has 2 heterocycles. The minimum Gasteiger partial charge on any atom is -0.444 e. The van der Waals surface area contributed by atoms with E-state index in [-0.39, 0.29) is 24.0 Å². The van der Waals surface area contributed by atoms with Crippen LogP contribution < -0.4 is 10.6 Å². The first-order valence-corrected chi connectivity index (χ1v) is 9.56. The van der Waals surface area contributed by atoms with Crippen molar-refractivity contribution in [2.45, 2.75) is 39.3 Å². The van der Waals surface area contributed by atoms with Crippen LogP contribution in [0.5, 0.6) is 0 Å². The largest absolute Gasteiger partial charge is 0.444 e. The fourth-order valence-corrected chi connectivity index (χ4v) is 3.35. The van der Waals surface area contributed by atoms with E-state index >= 15 is 0 Å². The molecule has 1 aromatic carbocycles. The molecule has 1 fully saturated rings. The van der Waals surface area contributed by atoms with Gasteiger partial charge in [0.15, 0.2) is 5.96 Å². The first-order chi connectivity index (χ1) is 12.8. The minimum atomic E-state index is 0. The minimum absolute atomic E-state index is 0. The zero-order chi connectivity index (χ0) is 18.2. The monoisotopic (exact) mass is 483 g/mol. The average Bonchev–Trinajstić information content (AvgIpc) is 3.34. The number of likely N-dealkylation sites (tertiary alicyclic amines) is 1. The molecular formula is C20H30IN5O. The van der Waals surface area contributed by atoms with Gasteiger partial charge in [0.25, 0.3) is 0 Å². The van der Waals surface area contributed by atoms with Gasteiger partial charge in [0.2, 0.25) is 5.89 Å². The summed E-state index contributed by atoms with van der Waals surface area (Å²) in [7, 11) is 0. The van der Waals surface area contributed by atoms with Crippen molar-refractivity contribution in [1.29, 1.82) is 0 Å². The molecule has 0 radical (unpaired) electrons. The van der Waals surface area contributed by atoms with Gasteiger partial charge in [-0.2, -0.15) is 0 Å². The molecule has 148 valence electrons. The predicted octanol–water partition coefficient (Wildman–Crippen LogP) is 3.50. The zero-order valence-corrected chi connectivity index (χ0v) is 18.5. The molecular weight excluding hydrogens is 453 g/mol. The number of nitrogens with zero attached hydrogens (tertiary/aromatic N) is 3. The number of hydrogen-bond donors (Lipinski definition) is 2. The van der Waals surface area contributed by atoms with E-state index in [2.05, 4.69) is 39.4 Å². The van der Waals surface area contributed by atoms with E-state index < -0.39 is 0 Å².